The summed E-state index contributed by atoms with van der Waals surface area (Å²) in [6, 6.07) is 13.8. The molecule has 0 saturated carbocycles. The van der Waals surface area contributed by atoms with Crippen molar-refractivity contribution in [2.75, 3.05) is 26.8 Å². The molecule has 0 bridgehead atoms. The first-order valence-electron chi connectivity index (χ1n) is 9.12. The number of nitrogens with zero attached hydrogens (tertiary/aromatic N) is 3. The summed E-state index contributed by atoms with van der Waals surface area (Å²) in [7, 11) is 4.73. The van der Waals surface area contributed by atoms with Crippen LogP contribution in [0.2, 0.25) is 0 Å². The van der Waals surface area contributed by atoms with Crippen molar-refractivity contribution in [2.24, 2.45) is 5.10 Å². The van der Waals surface area contributed by atoms with Crippen molar-refractivity contribution in [2.45, 2.75) is 0 Å². The third kappa shape index (κ3) is 3.77. The van der Waals surface area contributed by atoms with Crippen LogP contribution in [0.1, 0.15) is 5.56 Å². The molecule has 2 heterocycles. The Morgan fingerprint density at radius 2 is 1.70 bits per heavy atom. The molecule has 0 aliphatic carbocycles. The molecule has 4 aromatic rings. The van der Waals surface area contributed by atoms with Gasteiger partial charge in [-0.05, 0) is 17.7 Å². The lowest BCUT2D eigenvalue weighted by Crippen LogP contribution is -1.98. The molecule has 0 radical (unpaired) electrons. The van der Waals surface area contributed by atoms with Gasteiger partial charge < -0.3 is 14.2 Å². The summed E-state index contributed by atoms with van der Waals surface area (Å²) in [6.07, 6.45) is 3.21. The van der Waals surface area contributed by atoms with Crippen LogP contribution < -0.4 is 19.6 Å². The molecule has 7 nitrogen and oxygen atoms in total. The van der Waals surface area contributed by atoms with E-state index in [1.165, 1.54) is 6.33 Å². The van der Waals surface area contributed by atoms with E-state index < -0.39 is 0 Å². The molecule has 1 N–H and O–H groups in total. The molecule has 0 fully saturated rings. The first kappa shape index (κ1) is 19.7. The van der Waals surface area contributed by atoms with Crippen LogP contribution in [0.4, 0.5) is 5.82 Å². The summed E-state index contributed by atoms with van der Waals surface area (Å²) >= 11 is 1.58. The topological polar surface area (TPSA) is 77.9 Å². The van der Waals surface area contributed by atoms with Crippen LogP contribution in [0.15, 0.2) is 59.3 Å². The highest BCUT2D eigenvalue weighted by atomic mass is 32.1. The Morgan fingerprint density at radius 1 is 0.967 bits per heavy atom. The Balaban J connectivity index is 1.66. The summed E-state index contributed by atoms with van der Waals surface area (Å²) in [4.78, 5) is 9.68. The van der Waals surface area contributed by atoms with Crippen molar-refractivity contribution in [1.29, 1.82) is 0 Å². The van der Waals surface area contributed by atoms with E-state index in [2.05, 4.69) is 38.0 Å². The fraction of sp³-hybridized carbons (Fsp3) is 0.136. The number of thiophene rings is 1. The number of ether oxygens (including phenoxy) is 3. The lowest BCUT2D eigenvalue weighted by molar-refractivity contribution is 0.324. The number of hydrogen-bond acceptors (Lipinski definition) is 8. The van der Waals surface area contributed by atoms with E-state index in [9.17, 15) is 0 Å². The van der Waals surface area contributed by atoms with E-state index >= 15 is 0 Å². The second-order valence-electron chi connectivity index (χ2n) is 6.25. The van der Waals surface area contributed by atoms with E-state index in [0.717, 1.165) is 26.9 Å². The van der Waals surface area contributed by atoms with E-state index in [-0.39, 0.29) is 0 Å². The van der Waals surface area contributed by atoms with Gasteiger partial charge in [-0.25, -0.2) is 9.97 Å². The van der Waals surface area contributed by atoms with E-state index in [1.807, 2.05) is 30.3 Å². The van der Waals surface area contributed by atoms with Gasteiger partial charge in [0.1, 0.15) is 11.2 Å². The zero-order valence-electron chi connectivity index (χ0n) is 16.7. The summed E-state index contributed by atoms with van der Waals surface area (Å²) in [5.74, 6) is 2.30. The number of hydrogen-bond donors (Lipinski definition) is 1. The Bertz CT molecular complexity index is 1170. The fourth-order valence-corrected chi connectivity index (χ4v) is 4.05. The molecule has 0 spiro atoms. The minimum Gasteiger partial charge on any atom is -0.493 e. The first-order chi connectivity index (χ1) is 14.7. The van der Waals surface area contributed by atoms with Gasteiger partial charge in [0, 0.05) is 16.5 Å². The number of fused-ring (bicyclic) bond motifs is 1. The van der Waals surface area contributed by atoms with Crippen LogP contribution >= 0.6 is 11.3 Å². The van der Waals surface area contributed by atoms with Gasteiger partial charge in [-0.2, -0.15) is 5.10 Å². The maximum absolute atomic E-state index is 5.39. The van der Waals surface area contributed by atoms with Gasteiger partial charge in [-0.15, -0.1) is 11.3 Å². The highest BCUT2D eigenvalue weighted by Crippen LogP contribution is 2.38. The zero-order valence-corrected chi connectivity index (χ0v) is 17.6. The average Bonchev–Trinajstić information content (AvgIpc) is 3.24. The largest absolute Gasteiger partial charge is 0.493 e. The van der Waals surface area contributed by atoms with Crippen LogP contribution in [0.3, 0.4) is 0 Å². The molecule has 8 heteroatoms. The number of anilines is 1. The molecule has 0 atom stereocenters. The Labute approximate surface area is 178 Å². The van der Waals surface area contributed by atoms with E-state index in [1.54, 1.807) is 38.9 Å². The molecular formula is C22H20N4O3S. The number of benzene rings is 2. The second kappa shape index (κ2) is 8.79. The predicted octanol–water partition coefficient (Wildman–Crippen LogP) is 4.83. The highest BCUT2D eigenvalue weighted by Gasteiger charge is 2.14. The maximum atomic E-state index is 5.39. The van der Waals surface area contributed by atoms with Gasteiger partial charge in [0.15, 0.2) is 17.3 Å². The zero-order chi connectivity index (χ0) is 20.9. The fourth-order valence-electron chi connectivity index (χ4n) is 3.13. The Hall–Kier alpha value is -3.65. The van der Waals surface area contributed by atoms with Crippen LogP contribution in [0, 0.1) is 0 Å². The summed E-state index contributed by atoms with van der Waals surface area (Å²) in [5.41, 5.74) is 6.01. The van der Waals surface area contributed by atoms with Gasteiger partial charge in [0.05, 0.1) is 32.9 Å². The minimum atomic E-state index is 0.536. The number of aromatic nitrogens is 2. The SMILES string of the molecule is COc1cc(C=NNc2ncnc3scc(-c4ccccc4)c23)cc(OC)c1OC. The van der Waals surface area contributed by atoms with Crippen molar-refractivity contribution in [1.82, 2.24) is 9.97 Å². The molecule has 152 valence electrons. The van der Waals surface area contributed by atoms with Gasteiger partial charge in [0.25, 0.3) is 0 Å². The van der Waals surface area contributed by atoms with Crippen LogP contribution in [-0.4, -0.2) is 37.5 Å². The van der Waals surface area contributed by atoms with Crippen LogP contribution in [0.25, 0.3) is 21.3 Å². The van der Waals surface area contributed by atoms with Gasteiger partial charge in [-0.3, -0.25) is 5.43 Å². The Morgan fingerprint density at radius 3 is 2.37 bits per heavy atom. The van der Waals surface area contributed by atoms with Gasteiger partial charge in [-0.1, -0.05) is 30.3 Å². The second-order valence-corrected chi connectivity index (χ2v) is 7.10. The monoisotopic (exact) mass is 420 g/mol. The molecule has 2 aromatic carbocycles. The molecule has 30 heavy (non-hydrogen) atoms. The average molecular weight is 420 g/mol. The third-order valence-corrected chi connectivity index (χ3v) is 5.41. The number of hydrazone groups is 1. The highest BCUT2D eigenvalue weighted by molar-refractivity contribution is 7.17. The van der Waals surface area contributed by atoms with Gasteiger partial charge >= 0.3 is 0 Å². The summed E-state index contributed by atoms with van der Waals surface area (Å²) in [5, 5.41) is 7.40. The standard InChI is InChI=1S/C22H20N4O3S/c1-27-17-9-14(10-18(28-2)20(17)29-3)11-25-26-21-19-16(15-7-5-4-6-8-15)12-30-22(19)24-13-23-21/h4-13H,1-3H3,(H,23,24,26). The summed E-state index contributed by atoms with van der Waals surface area (Å²) < 4.78 is 16.1. The quantitative estimate of drug-likeness (QED) is 0.341. The molecule has 0 saturated heterocycles. The number of nitrogens with one attached hydrogen (secondary N) is 1. The van der Waals surface area contributed by atoms with Crippen molar-refractivity contribution >= 4 is 33.6 Å². The molecule has 0 unspecified atom stereocenters. The first-order valence-corrected chi connectivity index (χ1v) is 9.99. The van der Waals surface area contributed by atoms with Crippen LogP contribution in [0.5, 0.6) is 17.2 Å². The van der Waals surface area contributed by atoms with Crippen molar-refractivity contribution in [3.8, 4) is 28.4 Å². The maximum Gasteiger partial charge on any atom is 0.203 e. The molecule has 2 aromatic heterocycles. The molecular weight excluding hydrogens is 400 g/mol. The molecule has 0 aliphatic heterocycles. The predicted molar refractivity (Wildman–Crippen MR) is 120 cm³/mol. The van der Waals surface area contributed by atoms with Crippen molar-refractivity contribution < 1.29 is 14.2 Å². The molecule has 0 amide bonds. The lowest BCUT2D eigenvalue weighted by Gasteiger charge is -2.12. The van der Waals surface area contributed by atoms with Crippen molar-refractivity contribution in [3.05, 3.63) is 59.7 Å². The Kier molecular flexibility index (Phi) is 5.76. The lowest BCUT2D eigenvalue weighted by atomic mass is 10.1. The summed E-state index contributed by atoms with van der Waals surface area (Å²) in [6.45, 7) is 0. The van der Waals surface area contributed by atoms with Crippen LogP contribution in [-0.2, 0) is 0 Å². The third-order valence-electron chi connectivity index (χ3n) is 4.53. The van der Waals surface area contributed by atoms with Gasteiger partial charge in [0.2, 0.25) is 5.75 Å². The number of rotatable bonds is 7. The number of methoxy groups -OCH3 is 3. The minimum absolute atomic E-state index is 0.536. The smallest absolute Gasteiger partial charge is 0.203 e. The van der Waals surface area contributed by atoms with E-state index in [4.69, 9.17) is 14.2 Å². The normalized spacial score (nSPS) is 11.0. The van der Waals surface area contributed by atoms with E-state index in [0.29, 0.717) is 23.1 Å². The van der Waals surface area contributed by atoms with Crippen molar-refractivity contribution in [3.63, 3.8) is 0 Å². The molecule has 4 rings (SSSR count). The molecule has 0 aliphatic rings.